The van der Waals surface area contributed by atoms with Gasteiger partial charge in [-0.1, -0.05) is 0 Å². The summed E-state index contributed by atoms with van der Waals surface area (Å²) in [6.45, 7) is 6.17. The van der Waals surface area contributed by atoms with Crippen LogP contribution in [0.5, 0.6) is 0 Å². The zero-order chi connectivity index (χ0) is 13.3. The summed E-state index contributed by atoms with van der Waals surface area (Å²) in [7, 11) is 3.38. The van der Waals surface area contributed by atoms with E-state index in [-0.39, 0.29) is 22.5 Å². The van der Waals surface area contributed by atoms with Crippen molar-refractivity contribution in [3.05, 3.63) is 0 Å². The Bertz CT molecular complexity index is 322. The number of nitrogens with zero attached hydrogens (tertiary/aromatic N) is 1. The quantitative estimate of drug-likeness (QED) is 0.706. The molecule has 1 unspecified atom stereocenters. The molecule has 5 nitrogen and oxygen atoms in total. The second kappa shape index (κ2) is 4.64. The number of hydrogen-bond donors (Lipinski definition) is 1. The Hall–Kier alpha value is -1.10. The molecule has 17 heavy (non-hydrogen) atoms. The van der Waals surface area contributed by atoms with Gasteiger partial charge in [-0.2, -0.15) is 4.79 Å². The molecule has 0 aromatic carbocycles. The van der Waals surface area contributed by atoms with Crippen LogP contribution >= 0.6 is 0 Å². The van der Waals surface area contributed by atoms with Crippen molar-refractivity contribution in [1.29, 1.82) is 0 Å². The van der Waals surface area contributed by atoms with Crippen LogP contribution in [0, 0.1) is 0 Å². The molecule has 2 atom stereocenters. The van der Waals surface area contributed by atoms with E-state index in [1.165, 1.54) is 0 Å². The van der Waals surface area contributed by atoms with E-state index < -0.39 is 5.60 Å². The van der Waals surface area contributed by atoms with Crippen LogP contribution in [0.15, 0.2) is 0 Å². The number of quaternary nitrogens is 1. The number of likely N-dealkylation sites (N-methyl/N-ethyl adjacent to an activating group) is 2. The molecule has 0 saturated carbocycles. The molecule has 1 fully saturated rings. The average molecular weight is 243 g/mol. The van der Waals surface area contributed by atoms with Crippen molar-refractivity contribution in [1.82, 2.24) is 5.32 Å². The Labute approximate surface area is 103 Å². The smallest absolute Gasteiger partial charge is 0.414 e. The van der Waals surface area contributed by atoms with Crippen LogP contribution in [0.3, 0.4) is 0 Å². The highest BCUT2D eigenvalue weighted by Gasteiger charge is 2.50. The monoisotopic (exact) mass is 243 g/mol. The molecule has 0 radical (unpaired) electrons. The lowest BCUT2D eigenvalue weighted by Gasteiger charge is -2.33. The number of nitrogens with one attached hydrogen (secondary N) is 1. The first kappa shape index (κ1) is 14.0. The number of rotatable bonds is 1. The molecule has 5 heteroatoms. The number of amides is 2. The van der Waals surface area contributed by atoms with E-state index in [9.17, 15) is 9.59 Å². The first-order valence-corrected chi connectivity index (χ1v) is 6.01. The van der Waals surface area contributed by atoms with Gasteiger partial charge in [-0.05, 0) is 20.8 Å². The fourth-order valence-electron chi connectivity index (χ4n) is 2.20. The van der Waals surface area contributed by atoms with E-state index in [1.54, 1.807) is 14.1 Å². The molecular weight excluding hydrogens is 220 g/mol. The van der Waals surface area contributed by atoms with Crippen molar-refractivity contribution in [2.24, 2.45) is 0 Å². The predicted octanol–water partition coefficient (Wildman–Crippen LogP) is 1.28. The summed E-state index contributed by atoms with van der Waals surface area (Å²) < 4.78 is 5.46. The van der Waals surface area contributed by atoms with Crippen molar-refractivity contribution in [3.63, 3.8) is 0 Å². The number of carbonyl (C=O) groups excluding carboxylic acids is 2. The Kier molecular flexibility index (Phi) is 3.81. The molecule has 1 heterocycles. The maximum absolute atomic E-state index is 12.2. The van der Waals surface area contributed by atoms with Gasteiger partial charge in [-0.25, -0.2) is 4.48 Å². The van der Waals surface area contributed by atoms with Crippen molar-refractivity contribution in [3.8, 4) is 0 Å². The zero-order valence-corrected chi connectivity index (χ0v) is 11.4. The Morgan fingerprint density at radius 2 is 1.94 bits per heavy atom. The lowest BCUT2D eigenvalue weighted by atomic mass is 10.2. The third-order valence-corrected chi connectivity index (χ3v) is 3.15. The highest BCUT2D eigenvalue weighted by Crippen LogP contribution is 2.28. The van der Waals surface area contributed by atoms with Gasteiger partial charge in [0.25, 0.3) is 5.91 Å². The van der Waals surface area contributed by atoms with Crippen molar-refractivity contribution in [2.45, 2.75) is 45.3 Å². The Morgan fingerprint density at radius 3 is 2.41 bits per heavy atom. The minimum Gasteiger partial charge on any atom is -0.414 e. The molecule has 1 N–H and O–H groups in total. The van der Waals surface area contributed by atoms with Crippen molar-refractivity contribution < 1.29 is 18.8 Å². The van der Waals surface area contributed by atoms with Gasteiger partial charge in [0.1, 0.15) is 5.60 Å². The summed E-state index contributed by atoms with van der Waals surface area (Å²) in [5.41, 5.74) is -0.520. The molecule has 2 amide bonds. The summed E-state index contributed by atoms with van der Waals surface area (Å²) in [6.07, 6.45) is 1.28. The second-order valence-corrected chi connectivity index (χ2v) is 5.74. The zero-order valence-electron chi connectivity index (χ0n) is 11.4. The first-order valence-electron chi connectivity index (χ1n) is 6.01. The lowest BCUT2D eigenvalue weighted by molar-refractivity contribution is -0.841. The molecule has 0 bridgehead atoms. The van der Waals surface area contributed by atoms with E-state index in [4.69, 9.17) is 4.74 Å². The summed E-state index contributed by atoms with van der Waals surface area (Å²) >= 11 is 0. The van der Waals surface area contributed by atoms with Crippen LogP contribution in [0.25, 0.3) is 0 Å². The van der Waals surface area contributed by atoms with Gasteiger partial charge in [-0.15, -0.1) is 0 Å². The maximum atomic E-state index is 12.2. The molecule has 0 aromatic rings. The number of hydrogen-bond acceptors (Lipinski definition) is 3. The van der Waals surface area contributed by atoms with Crippen molar-refractivity contribution >= 4 is 12.0 Å². The van der Waals surface area contributed by atoms with Crippen LogP contribution in [-0.2, 0) is 9.53 Å². The summed E-state index contributed by atoms with van der Waals surface area (Å²) in [4.78, 5) is 23.9. The summed E-state index contributed by atoms with van der Waals surface area (Å²) in [5.74, 6) is -0.0872. The van der Waals surface area contributed by atoms with Crippen LogP contribution in [0.1, 0.15) is 33.6 Å². The van der Waals surface area contributed by atoms with Crippen LogP contribution in [-0.4, -0.2) is 48.8 Å². The van der Waals surface area contributed by atoms with Gasteiger partial charge in [0.2, 0.25) is 0 Å². The molecule has 0 aromatic heterocycles. The average Bonchev–Trinajstić information content (AvgIpc) is 2.58. The Balaban J connectivity index is 2.85. The highest BCUT2D eigenvalue weighted by molar-refractivity contribution is 5.82. The molecule has 1 saturated heterocycles. The van der Waals surface area contributed by atoms with E-state index in [0.29, 0.717) is 6.54 Å². The standard InChI is InChI=1S/C12H22N2O3/c1-12(2,3)17-11(16)14(5)8-6-7-9(14)10(15)13-4/h9H,6-8H2,1-5H3/p+1/t9-,14?/m0/s1. The molecular formula is C12H23N2O3+. The van der Waals surface area contributed by atoms with Crippen LogP contribution in [0.2, 0.25) is 0 Å². The summed E-state index contributed by atoms with van der Waals surface area (Å²) in [5, 5.41) is 2.62. The van der Waals surface area contributed by atoms with E-state index in [2.05, 4.69) is 5.32 Å². The second-order valence-electron chi connectivity index (χ2n) is 5.74. The van der Waals surface area contributed by atoms with Crippen LogP contribution < -0.4 is 5.32 Å². The van der Waals surface area contributed by atoms with Gasteiger partial charge in [-0.3, -0.25) is 4.79 Å². The first-order chi connectivity index (χ1) is 7.70. The molecule has 0 spiro atoms. The van der Waals surface area contributed by atoms with Gasteiger partial charge in [0, 0.05) is 19.9 Å². The number of ether oxygens (including phenoxy) is 1. The lowest BCUT2D eigenvalue weighted by Crippen LogP contribution is -2.59. The van der Waals surface area contributed by atoms with Crippen LogP contribution in [0.4, 0.5) is 4.79 Å². The van der Waals surface area contributed by atoms with Gasteiger partial charge < -0.3 is 10.1 Å². The van der Waals surface area contributed by atoms with Gasteiger partial charge >= 0.3 is 6.09 Å². The normalized spacial score (nSPS) is 28.9. The fraction of sp³-hybridized carbons (Fsp3) is 0.833. The SMILES string of the molecule is CNC(=O)[C@@H]1CCC[N+]1(C)C(=O)OC(C)(C)C. The Morgan fingerprint density at radius 1 is 1.35 bits per heavy atom. The van der Waals surface area contributed by atoms with E-state index in [1.807, 2.05) is 20.8 Å². The third kappa shape index (κ3) is 2.97. The minimum atomic E-state index is -0.520. The molecule has 1 aliphatic heterocycles. The largest absolute Gasteiger partial charge is 0.516 e. The van der Waals surface area contributed by atoms with Crippen molar-refractivity contribution in [2.75, 3.05) is 20.6 Å². The third-order valence-electron chi connectivity index (χ3n) is 3.15. The molecule has 0 aliphatic carbocycles. The van der Waals surface area contributed by atoms with Gasteiger partial charge in [0.05, 0.1) is 13.6 Å². The maximum Gasteiger partial charge on any atom is 0.516 e. The number of likely N-dealkylation sites (tertiary alicyclic amines) is 1. The topological polar surface area (TPSA) is 55.4 Å². The minimum absolute atomic E-state index is 0.0525. The molecule has 98 valence electrons. The molecule has 1 aliphatic rings. The molecule has 1 rings (SSSR count). The fourth-order valence-corrected chi connectivity index (χ4v) is 2.20. The highest BCUT2D eigenvalue weighted by atomic mass is 16.6. The predicted molar refractivity (Wildman–Crippen MR) is 64.4 cm³/mol. The number of carbonyl (C=O) groups is 2. The van der Waals surface area contributed by atoms with E-state index in [0.717, 1.165) is 12.8 Å². The summed E-state index contributed by atoms with van der Waals surface area (Å²) in [6, 6.07) is -0.324. The van der Waals surface area contributed by atoms with Gasteiger partial charge in [0.15, 0.2) is 6.04 Å². The van der Waals surface area contributed by atoms with E-state index >= 15 is 0 Å².